The van der Waals surface area contributed by atoms with E-state index < -0.39 is 0 Å². The number of esters is 1. The Bertz CT molecular complexity index is 1060. The van der Waals surface area contributed by atoms with Crippen molar-refractivity contribution in [2.24, 2.45) is 0 Å². The first-order valence-corrected chi connectivity index (χ1v) is 9.82. The second kappa shape index (κ2) is 8.58. The molecule has 0 atom stereocenters. The quantitative estimate of drug-likeness (QED) is 0.614. The fourth-order valence-electron chi connectivity index (χ4n) is 3.51. The minimum atomic E-state index is -0.296. The molecule has 0 radical (unpaired) electrons. The van der Waals surface area contributed by atoms with Gasteiger partial charge in [0.05, 0.1) is 45.2 Å². The zero-order valence-electron chi connectivity index (χ0n) is 17.1. The molecule has 1 aliphatic rings. The SMILES string of the molecule is COC(=O)CCc1nc2c(N3CCOCC3)nc(-c3cccc(OC)c3)cn2c1N. The molecular weight excluding hydrogens is 386 g/mol. The van der Waals surface area contributed by atoms with Crippen LogP contribution >= 0.6 is 0 Å². The summed E-state index contributed by atoms with van der Waals surface area (Å²) in [6.45, 7) is 2.69. The molecule has 1 aromatic carbocycles. The average Bonchev–Trinajstić information content (AvgIpc) is 3.13. The fraction of sp³-hybridized carbons (Fsp3) is 0.381. The molecule has 2 aromatic heterocycles. The van der Waals surface area contributed by atoms with Crippen LogP contribution in [0.25, 0.3) is 16.9 Å². The second-order valence-corrected chi connectivity index (χ2v) is 6.99. The van der Waals surface area contributed by atoms with Crippen LogP contribution in [0.5, 0.6) is 5.75 Å². The van der Waals surface area contributed by atoms with E-state index in [2.05, 4.69) is 4.90 Å². The van der Waals surface area contributed by atoms with Crippen molar-refractivity contribution >= 4 is 23.3 Å². The second-order valence-electron chi connectivity index (χ2n) is 6.99. The van der Waals surface area contributed by atoms with Gasteiger partial charge in [-0.15, -0.1) is 0 Å². The number of rotatable bonds is 6. The predicted molar refractivity (Wildman–Crippen MR) is 113 cm³/mol. The van der Waals surface area contributed by atoms with Crippen molar-refractivity contribution < 1.29 is 19.0 Å². The molecule has 0 unspecified atom stereocenters. The monoisotopic (exact) mass is 411 g/mol. The number of hydrogen-bond donors (Lipinski definition) is 1. The predicted octanol–water partition coefficient (Wildman–Crippen LogP) is 1.93. The number of nitrogens with two attached hydrogens (primary N) is 1. The first-order valence-electron chi connectivity index (χ1n) is 9.82. The van der Waals surface area contributed by atoms with Crippen LogP contribution in [-0.2, 0) is 20.7 Å². The molecule has 3 heterocycles. The topological polar surface area (TPSA) is 104 Å². The van der Waals surface area contributed by atoms with E-state index >= 15 is 0 Å². The molecule has 1 aliphatic heterocycles. The van der Waals surface area contributed by atoms with Crippen molar-refractivity contribution in [1.29, 1.82) is 0 Å². The summed E-state index contributed by atoms with van der Waals surface area (Å²) in [5.74, 6) is 1.69. The van der Waals surface area contributed by atoms with E-state index in [1.165, 1.54) is 7.11 Å². The number of hydrogen-bond acceptors (Lipinski definition) is 8. The minimum absolute atomic E-state index is 0.216. The largest absolute Gasteiger partial charge is 0.497 e. The molecule has 0 spiro atoms. The first-order chi connectivity index (χ1) is 14.6. The van der Waals surface area contributed by atoms with E-state index in [0.29, 0.717) is 49.9 Å². The van der Waals surface area contributed by atoms with Gasteiger partial charge in [0.2, 0.25) is 0 Å². The number of nitrogens with zero attached hydrogens (tertiary/aromatic N) is 4. The molecule has 2 N–H and O–H groups in total. The molecule has 1 saturated heterocycles. The van der Waals surface area contributed by atoms with Gasteiger partial charge in [-0.05, 0) is 12.1 Å². The summed E-state index contributed by atoms with van der Waals surface area (Å²) < 4.78 is 17.4. The third-order valence-corrected chi connectivity index (χ3v) is 5.17. The van der Waals surface area contributed by atoms with E-state index in [0.717, 1.165) is 22.8 Å². The molecule has 3 aromatic rings. The maximum atomic E-state index is 11.6. The summed E-state index contributed by atoms with van der Waals surface area (Å²) in [5.41, 5.74) is 9.41. The highest BCUT2D eigenvalue weighted by Crippen LogP contribution is 2.30. The highest BCUT2D eigenvalue weighted by atomic mass is 16.5. The Labute approximate surface area is 174 Å². The number of fused-ring (bicyclic) bond motifs is 1. The number of carbonyl (C=O) groups is 1. The van der Waals surface area contributed by atoms with Crippen LogP contribution in [0.15, 0.2) is 30.5 Å². The van der Waals surface area contributed by atoms with E-state index in [-0.39, 0.29) is 12.4 Å². The van der Waals surface area contributed by atoms with Crippen LogP contribution in [-0.4, -0.2) is 60.9 Å². The summed E-state index contributed by atoms with van der Waals surface area (Å²) in [7, 11) is 3.01. The Balaban J connectivity index is 1.83. The Morgan fingerprint density at radius 3 is 2.77 bits per heavy atom. The van der Waals surface area contributed by atoms with Gasteiger partial charge in [-0.25, -0.2) is 9.97 Å². The van der Waals surface area contributed by atoms with Crippen LogP contribution in [0.2, 0.25) is 0 Å². The Kier molecular flexibility index (Phi) is 5.71. The molecule has 0 aliphatic carbocycles. The number of aryl methyl sites for hydroxylation is 1. The van der Waals surface area contributed by atoms with E-state index in [1.807, 2.05) is 34.9 Å². The summed E-state index contributed by atoms with van der Waals surface area (Å²) in [6.07, 6.45) is 2.49. The van der Waals surface area contributed by atoms with Gasteiger partial charge in [0.15, 0.2) is 11.5 Å². The lowest BCUT2D eigenvalue weighted by molar-refractivity contribution is -0.140. The lowest BCUT2D eigenvalue weighted by Crippen LogP contribution is -2.37. The summed E-state index contributed by atoms with van der Waals surface area (Å²) in [5, 5.41) is 0. The van der Waals surface area contributed by atoms with Gasteiger partial charge >= 0.3 is 5.97 Å². The Hall–Kier alpha value is -3.33. The summed E-state index contributed by atoms with van der Waals surface area (Å²) in [6, 6.07) is 7.72. The number of methoxy groups -OCH3 is 2. The maximum absolute atomic E-state index is 11.6. The maximum Gasteiger partial charge on any atom is 0.305 e. The smallest absolute Gasteiger partial charge is 0.305 e. The number of aromatic nitrogens is 3. The van der Waals surface area contributed by atoms with Crippen molar-refractivity contribution in [2.45, 2.75) is 12.8 Å². The highest BCUT2D eigenvalue weighted by molar-refractivity contribution is 5.75. The van der Waals surface area contributed by atoms with E-state index in [4.69, 9.17) is 29.9 Å². The van der Waals surface area contributed by atoms with Gasteiger partial charge in [-0.2, -0.15) is 0 Å². The molecule has 9 heteroatoms. The number of ether oxygens (including phenoxy) is 3. The number of anilines is 2. The number of imidazole rings is 1. The zero-order chi connectivity index (χ0) is 21.1. The molecule has 1 fully saturated rings. The van der Waals surface area contributed by atoms with Crippen LogP contribution in [0.4, 0.5) is 11.6 Å². The first kappa shape index (κ1) is 20.0. The number of carbonyl (C=O) groups excluding carboxylic acids is 1. The van der Waals surface area contributed by atoms with Crippen LogP contribution in [0.1, 0.15) is 12.1 Å². The molecule has 30 heavy (non-hydrogen) atoms. The van der Waals surface area contributed by atoms with Crippen LogP contribution in [0.3, 0.4) is 0 Å². The normalized spacial score (nSPS) is 14.1. The highest BCUT2D eigenvalue weighted by Gasteiger charge is 2.22. The van der Waals surface area contributed by atoms with Crippen molar-refractivity contribution in [3.8, 4) is 17.0 Å². The van der Waals surface area contributed by atoms with Crippen molar-refractivity contribution in [3.05, 3.63) is 36.2 Å². The Morgan fingerprint density at radius 2 is 2.03 bits per heavy atom. The molecule has 0 amide bonds. The van der Waals surface area contributed by atoms with Crippen molar-refractivity contribution in [1.82, 2.24) is 14.4 Å². The van der Waals surface area contributed by atoms with Gasteiger partial charge in [0.1, 0.15) is 11.6 Å². The van der Waals surface area contributed by atoms with Gasteiger partial charge in [-0.1, -0.05) is 12.1 Å². The summed E-state index contributed by atoms with van der Waals surface area (Å²) in [4.78, 5) is 23.4. The third kappa shape index (κ3) is 3.88. The van der Waals surface area contributed by atoms with E-state index in [9.17, 15) is 4.79 Å². The lowest BCUT2D eigenvalue weighted by atomic mass is 10.1. The lowest BCUT2D eigenvalue weighted by Gasteiger charge is -2.28. The van der Waals surface area contributed by atoms with Crippen LogP contribution in [0, 0.1) is 0 Å². The van der Waals surface area contributed by atoms with Crippen molar-refractivity contribution in [3.63, 3.8) is 0 Å². The molecule has 9 nitrogen and oxygen atoms in total. The van der Waals surface area contributed by atoms with Crippen molar-refractivity contribution in [2.75, 3.05) is 51.2 Å². The molecule has 158 valence electrons. The number of benzene rings is 1. The Morgan fingerprint density at radius 1 is 1.23 bits per heavy atom. The average molecular weight is 411 g/mol. The third-order valence-electron chi connectivity index (χ3n) is 5.17. The molecule has 0 saturated carbocycles. The zero-order valence-corrected chi connectivity index (χ0v) is 17.1. The van der Waals surface area contributed by atoms with Crippen LogP contribution < -0.4 is 15.4 Å². The number of morpholine rings is 1. The summed E-state index contributed by atoms with van der Waals surface area (Å²) >= 11 is 0. The molecule has 4 rings (SSSR count). The van der Waals surface area contributed by atoms with Gasteiger partial charge in [-0.3, -0.25) is 9.20 Å². The van der Waals surface area contributed by atoms with Gasteiger partial charge < -0.3 is 24.8 Å². The molecule has 0 bridgehead atoms. The minimum Gasteiger partial charge on any atom is -0.497 e. The fourth-order valence-corrected chi connectivity index (χ4v) is 3.51. The van der Waals surface area contributed by atoms with Gasteiger partial charge in [0, 0.05) is 31.3 Å². The standard InChI is InChI=1S/C21H25N5O4/c1-28-15-5-3-4-14(12-15)17-13-26-19(22)16(6-7-18(27)29-2)23-21(26)20(24-17)25-8-10-30-11-9-25/h3-5,12-13H,6-11,22H2,1-2H3. The van der Waals surface area contributed by atoms with Gasteiger partial charge in [0.25, 0.3) is 0 Å². The van der Waals surface area contributed by atoms with E-state index in [1.54, 1.807) is 7.11 Å². The number of nitrogen functional groups attached to an aromatic ring is 1. The molecular formula is C21H25N5O4.